The third-order valence-electron chi connectivity index (χ3n) is 2.54. The molecule has 5 nitrogen and oxygen atoms in total. The number of benzene rings is 1. The zero-order valence-corrected chi connectivity index (χ0v) is 10.6. The largest absolute Gasteiger partial charge is 0.491 e. The van der Waals surface area contributed by atoms with Gasteiger partial charge in [-0.1, -0.05) is 0 Å². The predicted octanol–water partition coefficient (Wildman–Crippen LogP) is 0.860. The van der Waals surface area contributed by atoms with E-state index in [4.69, 9.17) is 9.47 Å². The summed E-state index contributed by atoms with van der Waals surface area (Å²) in [5, 5.41) is 0. The van der Waals surface area contributed by atoms with Gasteiger partial charge < -0.3 is 9.47 Å². The van der Waals surface area contributed by atoms with Gasteiger partial charge in [-0.25, -0.2) is 8.42 Å². The van der Waals surface area contributed by atoms with Crippen molar-refractivity contribution in [2.24, 2.45) is 0 Å². The van der Waals surface area contributed by atoms with Gasteiger partial charge in [0.25, 0.3) is 0 Å². The van der Waals surface area contributed by atoms with E-state index in [-0.39, 0.29) is 6.10 Å². The van der Waals surface area contributed by atoms with Crippen LogP contribution in [0.4, 0.5) is 5.69 Å². The van der Waals surface area contributed by atoms with Crippen LogP contribution >= 0.6 is 0 Å². The zero-order valence-electron chi connectivity index (χ0n) is 9.79. The molecule has 0 aromatic heterocycles. The molecule has 0 N–H and O–H groups in total. The van der Waals surface area contributed by atoms with Crippen LogP contribution < -0.4 is 9.04 Å². The number of sulfonamides is 1. The molecule has 0 radical (unpaired) electrons. The Morgan fingerprint density at radius 3 is 2.47 bits per heavy atom. The number of nitrogens with zero attached hydrogens (tertiary/aromatic N) is 1. The average Bonchev–Trinajstić information content (AvgIpc) is 3.09. The summed E-state index contributed by atoms with van der Waals surface area (Å²) in [6.07, 6.45) is 1.38. The lowest BCUT2D eigenvalue weighted by molar-refractivity contribution is 0.263. The molecule has 0 spiro atoms. The number of anilines is 1. The van der Waals surface area contributed by atoms with Gasteiger partial charge in [0, 0.05) is 7.05 Å². The first kappa shape index (κ1) is 12.2. The standard InChI is InChI=1S/C11H15NO4S/c1-12(17(2,13)14)9-3-5-10(6-4-9)15-7-11-8-16-11/h3-6,11H,7-8H2,1-2H3. The Morgan fingerprint density at radius 2 is 2.00 bits per heavy atom. The average molecular weight is 257 g/mol. The molecule has 17 heavy (non-hydrogen) atoms. The monoisotopic (exact) mass is 257 g/mol. The first-order chi connectivity index (χ1) is 7.97. The van der Waals surface area contributed by atoms with E-state index in [1.165, 1.54) is 17.6 Å². The van der Waals surface area contributed by atoms with Gasteiger partial charge >= 0.3 is 0 Å². The Balaban J connectivity index is 2.01. The van der Waals surface area contributed by atoms with Crippen LogP contribution in [0.5, 0.6) is 5.75 Å². The maximum absolute atomic E-state index is 11.3. The summed E-state index contributed by atoms with van der Waals surface area (Å²) in [6, 6.07) is 6.92. The van der Waals surface area contributed by atoms with Crippen LogP contribution in [0, 0.1) is 0 Å². The molecular formula is C11H15NO4S. The fraction of sp³-hybridized carbons (Fsp3) is 0.455. The van der Waals surface area contributed by atoms with Gasteiger partial charge in [0.2, 0.25) is 10.0 Å². The smallest absolute Gasteiger partial charge is 0.231 e. The van der Waals surface area contributed by atoms with Crippen LogP contribution in [0.1, 0.15) is 0 Å². The molecular weight excluding hydrogens is 242 g/mol. The second-order valence-electron chi connectivity index (χ2n) is 3.99. The van der Waals surface area contributed by atoms with Crippen LogP contribution in [0.25, 0.3) is 0 Å². The van der Waals surface area contributed by atoms with Crippen molar-refractivity contribution in [2.75, 3.05) is 30.8 Å². The van der Waals surface area contributed by atoms with E-state index >= 15 is 0 Å². The lowest BCUT2D eigenvalue weighted by Gasteiger charge is -2.16. The number of hydrogen-bond donors (Lipinski definition) is 0. The number of hydrogen-bond acceptors (Lipinski definition) is 4. The molecule has 1 aromatic carbocycles. The molecule has 1 aliphatic heterocycles. The minimum absolute atomic E-state index is 0.216. The second kappa shape index (κ2) is 4.54. The second-order valence-corrected chi connectivity index (χ2v) is 6.00. The van der Waals surface area contributed by atoms with E-state index in [1.54, 1.807) is 24.3 Å². The summed E-state index contributed by atoms with van der Waals surface area (Å²) >= 11 is 0. The lowest BCUT2D eigenvalue weighted by Crippen LogP contribution is -2.24. The highest BCUT2D eigenvalue weighted by Gasteiger charge is 2.23. The van der Waals surface area contributed by atoms with E-state index in [0.29, 0.717) is 18.0 Å². The quantitative estimate of drug-likeness (QED) is 0.734. The molecule has 6 heteroatoms. The van der Waals surface area contributed by atoms with E-state index in [2.05, 4.69) is 0 Å². The Kier molecular flexibility index (Phi) is 3.26. The topological polar surface area (TPSA) is 59.1 Å². The summed E-state index contributed by atoms with van der Waals surface area (Å²) in [5.74, 6) is 0.714. The predicted molar refractivity (Wildman–Crippen MR) is 64.9 cm³/mol. The molecule has 1 saturated heterocycles. The van der Waals surface area contributed by atoms with Crippen LogP contribution in [-0.2, 0) is 14.8 Å². The summed E-state index contributed by atoms with van der Waals surface area (Å²) in [5.41, 5.74) is 0.613. The minimum atomic E-state index is -3.21. The first-order valence-corrected chi connectivity index (χ1v) is 7.10. The minimum Gasteiger partial charge on any atom is -0.491 e. The Hall–Kier alpha value is -1.27. The molecule has 1 fully saturated rings. The van der Waals surface area contributed by atoms with Gasteiger partial charge in [0.15, 0.2) is 0 Å². The van der Waals surface area contributed by atoms with E-state index in [0.717, 1.165) is 6.61 Å². The molecule has 2 rings (SSSR count). The maximum atomic E-state index is 11.3. The summed E-state index contributed by atoms with van der Waals surface area (Å²) in [7, 11) is -1.69. The molecule has 94 valence electrons. The van der Waals surface area contributed by atoms with Crippen molar-refractivity contribution in [3.63, 3.8) is 0 Å². The van der Waals surface area contributed by atoms with E-state index in [1.807, 2.05) is 0 Å². The van der Waals surface area contributed by atoms with Crippen molar-refractivity contribution in [2.45, 2.75) is 6.10 Å². The van der Waals surface area contributed by atoms with E-state index in [9.17, 15) is 8.42 Å². The molecule has 1 unspecified atom stereocenters. The molecule has 0 amide bonds. The molecule has 1 heterocycles. The molecule has 1 atom stereocenters. The molecule has 1 aliphatic rings. The fourth-order valence-electron chi connectivity index (χ4n) is 1.30. The van der Waals surface area contributed by atoms with Crippen molar-refractivity contribution in [3.8, 4) is 5.75 Å². The SMILES string of the molecule is CN(c1ccc(OCC2CO2)cc1)S(C)(=O)=O. The molecule has 0 bridgehead atoms. The Bertz CT molecular complexity index is 479. The molecule has 0 aliphatic carbocycles. The van der Waals surface area contributed by atoms with Crippen molar-refractivity contribution in [1.29, 1.82) is 0 Å². The van der Waals surface area contributed by atoms with Gasteiger partial charge in [-0.05, 0) is 24.3 Å². The van der Waals surface area contributed by atoms with Crippen molar-refractivity contribution >= 4 is 15.7 Å². The maximum Gasteiger partial charge on any atom is 0.231 e. The third kappa shape index (κ3) is 3.34. The normalized spacial score (nSPS) is 18.8. The molecule has 0 saturated carbocycles. The highest BCUT2D eigenvalue weighted by molar-refractivity contribution is 7.92. The van der Waals surface area contributed by atoms with Gasteiger partial charge in [-0.2, -0.15) is 0 Å². The first-order valence-electron chi connectivity index (χ1n) is 5.25. The highest BCUT2D eigenvalue weighted by atomic mass is 32.2. The fourth-order valence-corrected chi connectivity index (χ4v) is 1.80. The van der Waals surface area contributed by atoms with Crippen LogP contribution in [-0.4, -0.2) is 41.0 Å². The van der Waals surface area contributed by atoms with Crippen LogP contribution in [0.15, 0.2) is 24.3 Å². The van der Waals surface area contributed by atoms with Gasteiger partial charge in [-0.3, -0.25) is 4.31 Å². The lowest BCUT2D eigenvalue weighted by atomic mass is 10.3. The van der Waals surface area contributed by atoms with Gasteiger partial charge in [-0.15, -0.1) is 0 Å². The Labute approximate surface area is 101 Å². The number of rotatable bonds is 5. The summed E-state index contributed by atoms with van der Waals surface area (Å²) in [6.45, 7) is 1.30. The highest BCUT2D eigenvalue weighted by Crippen LogP contribution is 2.21. The van der Waals surface area contributed by atoms with Gasteiger partial charge in [0.05, 0.1) is 18.6 Å². The van der Waals surface area contributed by atoms with Crippen molar-refractivity contribution in [3.05, 3.63) is 24.3 Å². The number of epoxide rings is 1. The van der Waals surface area contributed by atoms with Crippen molar-refractivity contribution in [1.82, 2.24) is 0 Å². The zero-order chi connectivity index (χ0) is 12.5. The number of ether oxygens (including phenoxy) is 2. The third-order valence-corrected chi connectivity index (χ3v) is 3.74. The van der Waals surface area contributed by atoms with E-state index < -0.39 is 10.0 Å². The summed E-state index contributed by atoms with van der Waals surface area (Å²) in [4.78, 5) is 0. The van der Waals surface area contributed by atoms with Crippen LogP contribution in [0.2, 0.25) is 0 Å². The van der Waals surface area contributed by atoms with Crippen molar-refractivity contribution < 1.29 is 17.9 Å². The Morgan fingerprint density at radius 1 is 1.41 bits per heavy atom. The summed E-state index contributed by atoms with van der Waals surface area (Å²) < 4.78 is 34.3. The molecule has 1 aromatic rings. The van der Waals surface area contributed by atoms with Crippen LogP contribution in [0.3, 0.4) is 0 Å². The van der Waals surface area contributed by atoms with Gasteiger partial charge in [0.1, 0.15) is 18.5 Å².